The fraction of sp³-hybridized carbons (Fsp3) is 0.581. The molecule has 0 aliphatic carbocycles. The lowest BCUT2D eigenvalue weighted by atomic mass is 9.79. The molecule has 2 aliphatic rings. The SMILES string of the molecule is COCCCN1CCOc2ccc(CO[C@H]3CN(C(=O)OC(C)(C)C)C[C@@H](CO)[C@@H]3c3ccc(OC)cc3)cc21. The summed E-state index contributed by atoms with van der Waals surface area (Å²) in [6.07, 6.45) is 0.188. The molecule has 40 heavy (non-hydrogen) atoms. The molecule has 0 spiro atoms. The standard InChI is InChI=1S/C31H44N2O7/c1-31(2,3)40-30(35)33-18-24(20-34)29(23-8-10-25(37-5)11-9-23)28(19-33)39-21-22-7-12-27-26(17-22)32(14-16-38-27)13-6-15-36-4/h7-12,17,24,28-29,34H,6,13-16,18-21H2,1-5H3/t24-,28-,29-/m0/s1. The molecule has 2 aliphatic heterocycles. The molecule has 2 heterocycles. The third-order valence-corrected chi connectivity index (χ3v) is 7.37. The summed E-state index contributed by atoms with van der Waals surface area (Å²) >= 11 is 0. The minimum absolute atomic E-state index is 0.0809. The van der Waals surface area contributed by atoms with Gasteiger partial charge >= 0.3 is 6.09 Å². The number of carbonyl (C=O) groups excluding carboxylic acids is 1. The molecule has 1 N–H and O–H groups in total. The summed E-state index contributed by atoms with van der Waals surface area (Å²) in [6.45, 7) is 9.66. The third kappa shape index (κ3) is 7.59. The van der Waals surface area contributed by atoms with E-state index in [1.807, 2.05) is 57.2 Å². The van der Waals surface area contributed by atoms with Gasteiger partial charge in [-0.2, -0.15) is 0 Å². The Labute approximate surface area is 237 Å². The second-order valence-corrected chi connectivity index (χ2v) is 11.5. The van der Waals surface area contributed by atoms with E-state index >= 15 is 0 Å². The van der Waals surface area contributed by atoms with Crippen LogP contribution in [0.1, 0.15) is 44.2 Å². The molecule has 9 nitrogen and oxygen atoms in total. The van der Waals surface area contributed by atoms with Crippen molar-refractivity contribution in [3.05, 3.63) is 53.6 Å². The number of aliphatic hydroxyl groups is 1. The number of hydrogen-bond acceptors (Lipinski definition) is 8. The predicted octanol–water partition coefficient (Wildman–Crippen LogP) is 4.46. The topological polar surface area (TPSA) is 89.9 Å². The number of carbonyl (C=O) groups is 1. The zero-order valence-corrected chi connectivity index (χ0v) is 24.4. The lowest BCUT2D eigenvalue weighted by Gasteiger charge is -2.43. The van der Waals surface area contributed by atoms with Crippen molar-refractivity contribution in [3.63, 3.8) is 0 Å². The van der Waals surface area contributed by atoms with E-state index in [9.17, 15) is 9.90 Å². The van der Waals surface area contributed by atoms with Gasteiger partial charge in [-0.1, -0.05) is 18.2 Å². The molecule has 4 rings (SSSR count). The number of rotatable bonds is 10. The van der Waals surface area contributed by atoms with E-state index in [0.29, 0.717) is 32.9 Å². The minimum Gasteiger partial charge on any atom is -0.497 e. The highest BCUT2D eigenvalue weighted by Crippen LogP contribution is 2.38. The van der Waals surface area contributed by atoms with Crippen LogP contribution in [-0.4, -0.2) is 88.0 Å². The molecule has 1 fully saturated rings. The molecule has 2 aromatic carbocycles. The Morgan fingerprint density at radius 3 is 2.55 bits per heavy atom. The first kappa shape index (κ1) is 30.0. The fourth-order valence-corrected chi connectivity index (χ4v) is 5.47. The highest BCUT2D eigenvalue weighted by atomic mass is 16.6. The summed E-state index contributed by atoms with van der Waals surface area (Å²) < 4.78 is 28.8. The highest BCUT2D eigenvalue weighted by molar-refractivity contribution is 5.68. The van der Waals surface area contributed by atoms with E-state index < -0.39 is 11.7 Å². The molecule has 0 saturated carbocycles. The number of ether oxygens (including phenoxy) is 5. The third-order valence-electron chi connectivity index (χ3n) is 7.37. The Hall–Kier alpha value is -3.01. The van der Waals surface area contributed by atoms with Crippen LogP contribution in [0.25, 0.3) is 0 Å². The van der Waals surface area contributed by atoms with Crippen LogP contribution < -0.4 is 14.4 Å². The van der Waals surface area contributed by atoms with Crippen molar-refractivity contribution in [3.8, 4) is 11.5 Å². The van der Waals surface area contributed by atoms with Crippen LogP contribution in [0.5, 0.6) is 11.5 Å². The summed E-state index contributed by atoms with van der Waals surface area (Å²) in [6, 6.07) is 14.0. The van der Waals surface area contributed by atoms with Gasteiger partial charge in [-0.15, -0.1) is 0 Å². The predicted molar refractivity (Wildman–Crippen MR) is 153 cm³/mol. The van der Waals surface area contributed by atoms with E-state index in [4.69, 9.17) is 23.7 Å². The second-order valence-electron chi connectivity index (χ2n) is 11.5. The number of anilines is 1. The molecule has 2 aromatic rings. The summed E-state index contributed by atoms with van der Waals surface area (Å²) in [4.78, 5) is 17.0. The van der Waals surface area contributed by atoms with Crippen molar-refractivity contribution in [2.45, 2.75) is 51.4 Å². The van der Waals surface area contributed by atoms with Crippen molar-refractivity contribution in [2.24, 2.45) is 5.92 Å². The monoisotopic (exact) mass is 556 g/mol. The zero-order chi connectivity index (χ0) is 28.7. The minimum atomic E-state index is -0.616. The normalized spacial score (nSPS) is 21.0. The lowest BCUT2D eigenvalue weighted by molar-refractivity contribution is -0.0600. The van der Waals surface area contributed by atoms with Crippen LogP contribution in [0.4, 0.5) is 10.5 Å². The van der Waals surface area contributed by atoms with Gasteiger partial charge in [0, 0.05) is 45.2 Å². The summed E-state index contributed by atoms with van der Waals surface area (Å²) in [5, 5.41) is 10.4. The molecule has 1 saturated heterocycles. The Morgan fingerprint density at radius 2 is 1.88 bits per heavy atom. The number of hydrogen-bond donors (Lipinski definition) is 1. The molecular weight excluding hydrogens is 512 g/mol. The van der Waals surface area contributed by atoms with Crippen LogP contribution in [0.2, 0.25) is 0 Å². The van der Waals surface area contributed by atoms with E-state index in [1.54, 1.807) is 19.1 Å². The maximum atomic E-state index is 13.0. The first-order valence-electron chi connectivity index (χ1n) is 14.1. The molecule has 1 amide bonds. The van der Waals surface area contributed by atoms with Crippen LogP contribution in [-0.2, 0) is 20.8 Å². The largest absolute Gasteiger partial charge is 0.497 e. The summed E-state index contributed by atoms with van der Waals surface area (Å²) in [5.41, 5.74) is 2.50. The van der Waals surface area contributed by atoms with Crippen LogP contribution in [0, 0.1) is 5.92 Å². The van der Waals surface area contributed by atoms with Crippen LogP contribution in [0.15, 0.2) is 42.5 Å². The van der Waals surface area contributed by atoms with Crippen molar-refractivity contribution in [2.75, 3.05) is 65.1 Å². The summed E-state index contributed by atoms with van der Waals surface area (Å²) in [5.74, 6) is 1.31. The maximum absolute atomic E-state index is 13.0. The summed E-state index contributed by atoms with van der Waals surface area (Å²) in [7, 11) is 3.36. The van der Waals surface area contributed by atoms with E-state index in [0.717, 1.165) is 47.8 Å². The molecule has 220 valence electrons. The molecule has 0 radical (unpaired) electrons. The fourth-order valence-electron chi connectivity index (χ4n) is 5.47. The molecule has 0 bridgehead atoms. The Kier molecular flexibility index (Phi) is 10.2. The second kappa shape index (κ2) is 13.6. The Bertz CT molecular complexity index is 1100. The van der Waals surface area contributed by atoms with E-state index in [2.05, 4.69) is 11.0 Å². The van der Waals surface area contributed by atoms with Gasteiger partial charge in [-0.05, 0) is 62.6 Å². The van der Waals surface area contributed by atoms with Gasteiger partial charge in [0.25, 0.3) is 0 Å². The van der Waals surface area contributed by atoms with Crippen molar-refractivity contribution >= 4 is 11.8 Å². The number of amides is 1. The van der Waals surface area contributed by atoms with Gasteiger partial charge in [0.15, 0.2) is 0 Å². The number of fused-ring (bicyclic) bond motifs is 1. The van der Waals surface area contributed by atoms with Gasteiger partial charge in [0.1, 0.15) is 23.7 Å². The molecule has 0 aromatic heterocycles. The number of likely N-dealkylation sites (tertiary alicyclic amines) is 1. The van der Waals surface area contributed by atoms with Gasteiger partial charge in [0.2, 0.25) is 0 Å². The number of methoxy groups -OCH3 is 2. The Balaban J connectivity index is 1.56. The molecule has 0 unspecified atom stereocenters. The van der Waals surface area contributed by atoms with Gasteiger partial charge in [-0.25, -0.2) is 4.79 Å². The Morgan fingerprint density at radius 1 is 1.10 bits per heavy atom. The number of aliphatic hydroxyl groups excluding tert-OH is 1. The van der Waals surface area contributed by atoms with Crippen molar-refractivity contribution in [1.82, 2.24) is 4.90 Å². The quantitative estimate of drug-likeness (QED) is 0.429. The first-order chi connectivity index (χ1) is 19.2. The maximum Gasteiger partial charge on any atom is 0.410 e. The first-order valence-corrected chi connectivity index (χ1v) is 14.1. The van der Waals surface area contributed by atoms with E-state index in [-0.39, 0.29) is 24.5 Å². The van der Waals surface area contributed by atoms with Gasteiger partial charge in [0.05, 0.1) is 38.6 Å². The smallest absolute Gasteiger partial charge is 0.410 e. The van der Waals surface area contributed by atoms with Crippen molar-refractivity contribution < 1.29 is 33.6 Å². The average molecular weight is 557 g/mol. The molecule has 9 heteroatoms. The number of benzene rings is 2. The van der Waals surface area contributed by atoms with Crippen molar-refractivity contribution in [1.29, 1.82) is 0 Å². The van der Waals surface area contributed by atoms with Crippen LogP contribution >= 0.6 is 0 Å². The number of nitrogens with zero attached hydrogens (tertiary/aromatic N) is 2. The highest BCUT2D eigenvalue weighted by Gasteiger charge is 2.41. The molecule has 3 atom stereocenters. The van der Waals surface area contributed by atoms with Gasteiger partial charge in [-0.3, -0.25) is 0 Å². The lowest BCUT2D eigenvalue weighted by Crippen LogP contribution is -2.53. The van der Waals surface area contributed by atoms with Crippen LogP contribution in [0.3, 0.4) is 0 Å². The van der Waals surface area contributed by atoms with E-state index in [1.165, 1.54) is 0 Å². The average Bonchev–Trinajstić information content (AvgIpc) is 2.95. The van der Waals surface area contributed by atoms with Gasteiger partial charge < -0.3 is 38.6 Å². The number of piperidine rings is 1. The molecular formula is C31H44N2O7. The zero-order valence-electron chi connectivity index (χ0n) is 24.4.